The van der Waals surface area contributed by atoms with Crippen molar-refractivity contribution in [1.82, 2.24) is 10.2 Å². The predicted octanol–water partition coefficient (Wildman–Crippen LogP) is 2.58. The Balaban J connectivity index is 2.16. The third-order valence-electron chi connectivity index (χ3n) is 3.83. The number of likely N-dealkylation sites (N-methyl/N-ethyl adjacent to an activating group) is 1. The summed E-state index contributed by atoms with van der Waals surface area (Å²) in [5.74, 6) is 0.299. The molecular weight excluding hydrogens is 236 g/mol. The lowest BCUT2D eigenvalue weighted by molar-refractivity contribution is -0.128. The fraction of sp³-hybridized carbons (Fsp3) is 0.562. The van der Waals surface area contributed by atoms with Crippen molar-refractivity contribution in [2.75, 3.05) is 19.6 Å². The summed E-state index contributed by atoms with van der Waals surface area (Å²) in [7, 11) is 0. The van der Waals surface area contributed by atoms with E-state index in [2.05, 4.69) is 44.3 Å². The van der Waals surface area contributed by atoms with E-state index in [4.69, 9.17) is 0 Å². The van der Waals surface area contributed by atoms with E-state index in [1.165, 1.54) is 16.7 Å². The van der Waals surface area contributed by atoms with Crippen LogP contribution in [0.25, 0.3) is 0 Å². The van der Waals surface area contributed by atoms with Crippen LogP contribution < -0.4 is 5.32 Å². The minimum atomic E-state index is 0.243. The summed E-state index contributed by atoms with van der Waals surface area (Å²) in [6, 6.07) is 6.80. The van der Waals surface area contributed by atoms with Crippen molar-refractivity contribution in [1.29, 1.82) is 0 Å². The Bertz CT molecular complexity index is 456. The molecule has 1 atom stereocenters. The lowest BCUT2D eigenvalue weighted by Crippen LogP contribution is -2.36. The molecule has 0 aromatic heterocycles. The van der Waals surface area contributed by atoms with Crippen LogP contribution in [0.15, 0.2) is 18.2 Å². The topological polar surface area (TPSA) is 32.3 Å². The first-order valence-corrected chi connectivity index (χ1v) is 7.20. The number of nitrogens with zero attached hydrogens (tertiary/aromatic N) is 1. The van der Waals surface area contributed by atoms with Crippen molar-refractivity contribution >= 4 is 5.91 Å². The van der Waals surface area contributed by atoms with Crippen molar-refractivity contribution in [3.8, 4) is 0 Å². The molecule has 0 spiro atoms. The number of aryl methyl sites for hydroxylation is 2. The van der Waals surface area contributed by atoms with Crippen LogP contribution in [-0.2, 0) is 4.79 Å². The molecule has 1 N–H and O–H groups in total. The standard InChI is InChI=1S/C16H24N2O/c1-4-17-15(11-18-9-5-6-16(18)19)14-8-7-12(2)10-13(14)3/h7-8,10,15,17H,4-6,9,11H2,1-3H3. The van der Waals surface area contributed by atoms with Crippen molar-refractivity contribution < 1.29 is 4.79 Å². The summed E-state index contributed by atoms with van der Waals surface area (Å²) in [4.78, 5) is 13.8. The van der Waals surface area contributed by atoms with Crippen molar-refractivity contribution in [3.05, 3.63) is 34.9 Å². The molecule has 0 aliphatic carbocycles. The zero-order chi connectivity index (χ0) is 13.8. The van der Waals surface area contributed by atoms with E-state index in [1.54, 1.807) is 0 Å². The van der Waals surface area contributed by atoms with Gasteiger partial charge in [-0.2, -0.15) is 0 Å². The highest BCUT2D eigenvalue weighted by atomic mass is 16.2. The minimum absolute atomic E-state index is 0.243. The van der Waals surface area contributed by atoms with E-state index in [0.29, 0.717) is 12.3 Å². The van der Waals surface area contributed by atoms with Crippen LogP contribution in [0.1, 0.15) is 42.5 Å². The Morgan fingerprint density at radius 1 is 1.37 bits per heavy atom. The molecule has 0 radical (unpaired) electrons. The molecule has 3 nitrogen and oxygen atoms in total. The fourth-order valence-corrected chi connectivity index (χ4v) is 2.85. The van der Waals surface area contributed by atoms with Gasteiger partial charge in [0.2, 0.25) is 5.91 Å². The van der Waals surface area contributed by atoms with Crippen LogP contribution >= 0.6 is 0 Å². The maximum absolute atomic E-state index is 11.8. The number of nitrogens with one attached hydrogen (secondary N) is 1. The quantitative estimate of drug-likeness (QED) is 0.882. The lowest BCUT2D eigenvalue weighted by atomic mass is 9.98. The highest BCUT2D eigenvalue weighted by Gasteiger charge is 2.24. The number of carbonyl (C=O) groups is 1. The lowest BCUT2D eigenvalue weighted by Gasteiger charge is -2.26. The summed E-state index contributed by atoms with van der Waals surface area (Å²) in [6.07, 6.45) is 1.72. The van der Waals surface area contributed by atoms with Gasteiger partial charge in [0.15, 0.2) is 0 Å². The average molecular weight is 260 g/mol. The van der Waals surface area contributed by atoms with Crippen LogP contribution in [0.3, 0.4) is 0 Å². The molecule has 2 rings (SSSR count). The maximum Gasteiger partial charge on any atom is 0.222 e. The number of likely N-dealkylation sites (tertiary alicyclic amines) is 1. The van der Waals surface area contributed by atoms with Gasteiger partial charge in [-0.15, -0.1) is 0 Å². The molecular formula is C16H24N2O. The number of rotatable bonds is 5. The second-order valence-corrected chi connectivity index (χ2v) is 5.41. The Hall–Kier alpha value is -1.35. The predicted molar refractivity (Wildman–Crippen MR) is 78.1 cm³/mol. The van der Waals surface area contributed by atoms with Crippen LogP contribution in [0, 0.1) is 13.8 Å². The summed E-state index contributed by atoms with van der Waals surface area (Å²) in [5, 5.41) is 3.51. The molecule has 19 heavy (non-hydrogen) atoms. The largest absolute Gasteiger partial charge is 0.341 e. The fourth-order valence-electron chi connectivity index (χ4n) is 2.85. The zero-order valence-electron chi connectivity index (χ0n) is 12.2. The van der Waals surface area contributed by atoms with E-state index in [9.17, 15) is 4.79 Å². The highest BCUT2D eigenvalue weighted by molar-refractivity contribution is 5.78. The van der Waals surface area contributed by atoms with Gasteiger partial charge < -0.3 is 10.2 Å². The number of benzene rings is 1. The molecule has 0 bridgehead atoms. The second kappa shape index (κ2) is 6.20. The Kier molecular flexibility index (Phi) is 4.59. The van der Waals surface area contributed by atoms with Gasteiger partial charge in [-0.1, -0.05) is 30.7 Å². The van der Waals surface area contributed by atoms with Gasteiger partial charge in [0.05, 0.1) is 6.04 Å². The van der Waals surface area contributed by atoms with Gasteiger partial charge in [-0.05, 0) is 37.9 Å². The maximum atomic E-state index is 11.8. The molecule has 104 valence electrons. The summed E-state index contributed by atoms with van der Waals surface area (Å²) in [6.45, 7) is 8.99. The molecule has 3 heteroatoms. The van der Waals surface area contributed by atoms with Crippen LogP contribution in [0.4, 0.5) is 0 Å². The molecule has 1 unspecified atom stereocenters. The first-order chi connectivity index (χ1) is 9.11. The van der Waals surface area contributed by atoms with E-state index < -0.39 is 0 Å². The summed E-state index contributed by atoms with van der Waals surface area (Å²) < 4.78 is 0. The Morgan fingerprint density at radius 2 is 2.16 bits per heavy atom. The van der Waals surface area contributed by atoms with Gasteiger partial charge in [-0.25, -0.2) is 0 Å². The van der Waals surface area contributed by atoms with Gasteiger partial charge in [-0.3, -0.25) is 4.79 Å². The van der Waals surface area contributed by atoms with E-state index in [1.807, 2.05) is 4.90 Å². The van der Waals surface area contributed by atoms with Crippen molar-refractivity contribution in [2.24, 2.45) is 0 Å². The molecule has 1 amide bonds. The summed E-state index contributed by atoms with van der Waals surface area (Å²) in [5.41, 5.74) is 3.90. The molecule has 1 saturated heterocycles. The van der Waals surface area contributed by atoms with Crippen LogP contribution in [0.2, 0.25) is 0 Å². The second-order valence-electron chi connectivity index (χ2n) is 5.41. The minimum Gasteiger partial charge on any atom is -0.341 e. The van der Waals surface area contributed by atoms with Crippen LogP contribution in [-0.4, -0.2) is 30.4 Å². The van der Waals surface area contributed by atoms with Gasteiger partial charge >= 0.3 is 0 Å². The van der Waals surface area contributed by atoms with Gasteiger partial charge in [0.1, 0.15) is 0 Å². The third-order valence-corrected chi connectivity index (χ3v) is 3.83. The first kappa shape index (κ1) is 14.1. The van der Waals surface area contributed by atoms with Crippen molar-refractivity contribution in [2.45, 2.75) is 39.7 Å². The number of hydrogen-bond acceptors (Lipinski definition) is 2. The van der Waals surface area contributed by atoms with Crippen LogP contribution in [0.5, 0.6) is 0 Å². The SMILES string of the molecule is CCNC(CN1CCCC1=O)c1ccc(C)cc1C. The third kappa shape index (κ3) is 3.35. The zero-order valence-corrected chi connectivity index (χ0v) is 12.2. The average Bonchev–Trinajstić information content (AvgIpc) is 2.75. The monoisotopic (exact) mass is 260 g/mol. The normalized spacial score (nSPS) is 17.0. The molecule has 1 aromatic rings. The smallest absolute Gasteiger partial charge is 0.222 e. The molecule has 1 fully saturated rings. The van der Waals surface area contributed by atoms with E-state index >= 15 is 0 Å². The summed E-state index contributed by atoms with van der Waals surface area (Å²) >= 11 is 0. The van der Waals surface area contributed by atoms with Gasteiger partial charge in [0, 0.05) is 19.5 Å². The molecule has 0 saturated carbocycles. The Morgan fingerprint density at radius 3 is 2.74 bits per heavy atom. The molecule has 1 aliphatic heterocycles. The van der Waals surface area contributed by atoms with Crippen molar-refractivity contribution in [3.63, 3.8) is 0 Å². The number of amides is 1. The van der Waals surface area contributed by atoms with Gasteiger partial charge in [0.25, 0.3) is 0 Å². The number of carbonyl (C=O) groups excluding carboxylic acids is 1. The molecule has 1 aliphatic rings. The Labute approximate surface area is 116 Å². The first-order valence-electron chi connectivity index (χ1n) is 7.20. The van der Waals surface area contributed by atoms with E-state index in [-0.39, 0.29) is 6.04 Å². The molecule has 1 heterocycles. The van der Waals surface area contributed by atoms with E-state index in [0.717, 1.165) is 26.1 Å². The highest BCUT2D eigenvalue weighted by Crippen LogP contribution is 2.22. The number of hydrogen-bond donors (Lipinski definition) is 1. The molecule has 1 aromatic carbocycles.